The van der Waals surface area contributed by atoms with E-state index < -0.39 is 0 Å². The average Bonchev–Trinajstić information content (AvgIpc) is 2.92. The first-order valence-electron chi connectivity index (χ1n) is 7.17. The summed E-state index contributed by atoms with van der Waals surface area (Å²) in [6.45, 7) is 0.908. The van der Waals surface area contributed by atoms with Crippen LogP contribution in [0, 0.1) is 0 Å². The molecule has 1 fully saturated rings. The molecule has 1 heterocycles. The lowest BCUT2D eigenvalue weighted by atomic mass is 9.96. The summed E-state index contributed by atoms with van der Waals surface area (Å²) in [7, 11) is 0. The molecule has 0 aliphatic carbocycles. The predicted octanol–water partition coefficient (Wildman–Crippen LogP) is 3.28. The smallest absolute Gasteiger partial charge is 0.0590 e. The SMILES string of the molecule is NC(Cc1cccc2ccccc12)CC1CCCO1. The molecule has 0 amide bonds. The zero-order valence-electron chi connectivity index (χ0n) is 11.2. The van der Waals surface area contributed by atoms with Crippen LogP contribution in [0.5, 0.6) is 0 Å². The Kier molecular flexibility index (Phi) is 3.81. The predicted molar refractivity (Wildman–Crippen MR) is 79.2 cm³/mol. The monoisotopic (exact) mass is 255 g/mol. The van der Waals surface area contributed by atoms with Crippen LogP contribution in [0.15, 0.2) is 42.5 Å². The van der Waals surface area contributed by atoms with Crippen LogP contribution in [0.25, 0.3) is 10.8 Å². The van der Waals surface area contributed by atoms with Gasteiger partial charge in [-0.3, -0.25) is 0 Å². The van der Waals surface area contributed by atoms with Gasteiger partial charge in [0.1, 0.15) is 0 Å². The van der Waals surface area contributed by atoms with Crippen molar-refractivity contribution in [3.8, 4) is 0 Å². The molecule has 0 spiro atoms. The van der Waals surface area contributed by atoms with Gasteiger partial charge in [-0.25, -0.2) is 0 Å². The normalized spacial score (nSPS) is 20.8. The van der Waals surface area contributed by atoms with E-state index in [0.717, 1.165) is 19.4 Å². The molecule has 2 aromatic carbocycles. The minimum absolute atomic E-state index is 0.189. The summed E-state index contributed by atoms with van der Waals surface area (Å²) >= 11 is 0. The van der Waals surface area contributed by atoms with E-state index in [9.17, 15) is 0 Å². The van der Waals surface area contributed by atoms with Gasteiger partial charge in [0.2, 0.25) is 0 Å². The molecule has 0 aromatic heterocycles. The molecule has 100 valence electrons. The van der Waals surface area contributed by atoms with Crippen molar-refractivity contribution >= 4 is 10.8 Å². The average molecular weight is 255 g/mol. The highest BCUT2D eigenvalue weighted by molar-refractivity contribution is 5.85. The van der Waals surface area contributed by atoms with Crippen molar-refractivity contribution in [2.24, 2.45) is 5.73 Å². The van der Waals surface area contributed by atoms with Crippen molar-refractivity contribution in [1.82, 2.24) is 0 Å². The van der Waals surface area contributed by atoms with Gasteiger partial charge in [-0.05, 0) is 42.0 Å². The van der Waals surface area contributed by atoms with E-state index in [2.05, 4.69) is 42.5 Å². The summed E-state index contributed by atoms with van der Waals surface area (Å²) < 4.78 is 5.67. The topological polar surface area (TPSA) is 35.2 Å². The first-order chi connectivity index (χ1) is 9.33. The summed E-state index contributed by atoms with van der Waals surface area (Å²) in [6, 6.07) is 15.2. The minimum atomic E-state index is 0.189. The van der Waals surface area contributed by atoms with Gasteiger partial charge < -0.3 is 10.5 Å². The van der Waals surface area contributed by atoms with Crippen LogP contribution in [0.3, 0.4) is 0 Å². The van der Waals surface area contributed by atoms with E-state index in [0.29, 0.717) is 6.10 Å². The van der Waals surface area contributed by atoms with Gasteiger partial charge in [0.05, 0.1) is 6.10 Å². The van der Waals surface area contributed by atoms with Crippen LogP contribution < -0.4 is 5.73 Å². The number of rotatable bonds is 4. The first-order valence-corrected chi connectivity index (χ1v) is 7.17. The van der Waals surface area contributed by atoms with E-state index in [-0.39, 0.29) is 6.04 Å². The molecule has 2 unspecified atom stereocenters. The van der Waals surface area contributed by atoms with Crippen molar-refractivity contribution in [3.63, 3.8) is 0 Å². The molecule has 2 N–H and O–H groups in total. The zero-order valence-corrected chi connectivity index (χ0v) is 11.2. The minimum Gasteiger partial charge on any atom is -0.378 e. The van der Waals surface area contributed by atoms with Gasteiger partial charge in [-0.15, -0.1) is 0 Å². The van der Waals surface area contributed by atoms with Crippen molar-refractivity contribution in [1.29, 1.82) is 0 Å². The maximum atomic E-state index is 6.30. The Morgan fingerprint density at radius 3 is 2.84 bits per heavy atom. The van der Waals surface area contributed by atoms with Crippen molar-refractivity contribution < 1.29 is 4.74 Å². The summed E-state index contributed by atoms with van der Waals surface area (Å²) in [5, 5.41) is 2.62. The van der Waals surface area contributed by atoms with Crippen LogP contribution in [0.2, 0.25) is 0 Å². The summed E-state index contributed by atoms with van der Waals surface area (Å²) in [5.41, 5.74) is 7.65. The van der Waals surface area contributed by atoms with E-state index in [1.807, 2.05) is 0 Å². The Bertz CT molecular complexity index is 540. The molecule has 0 saturated carbocycles. The number of nitrogens with two attached hydrogens (primary N) is 1. The second kappa shape index (κ2) is 5.72. The van der Waals surface area contributed by atoms with Crippen molar-refractivity contribution in [3.05, 3.63) is 48.0 Å². The molecule has 2 atom stereocenters. The molecule has 1 saturated heterocycles. The molecule has 2 heteroatoms. The number of hydrogen-bond donors (Lipinski definition) is 1. The Morgan fingerprint density at radius 2 is 2.00 bits per heavy atom. The van der Waals surface area contributed by atoms with Gasteiger partial charge in [0.25, 0.3) is 0 Å². The summed E-state index contributed by atoms with van der Waals surface area (Å²) in [6.07, 6.45) is 4.64. The fraction of sp³-hybridized carbons (Fsp3) is 0.412. The summed E-state index contributed by atoms with van der Waals surface area (Å²) in [5.74, 6) is 0. The Morgan fingerprint density at radius 1 is 1.16 bits per heavy atom. The van der Waals surface area contributed by atoms with Gasteiger partial charge in [-0.1, -0.05) is 42.5 Å². The zero-order chi connectivity index (χ0) is 13.1. The third-order valence-electron chi connectivity index (χ3n) is 3.95. The fourth-order valence-electron chi connectivity index (χ4n) is 3.00. The quantitative estimate of drug-likeness (QED) is 0.910. The second-order valence-corrected chi connectivity index (χ2v) is 5.47. The number of fused-ring (bicyclic) bond motifs is 1. The maximum Gasteiger partial charge on any atom is 0.0590 e. The van der Waals surface area contributed by atoms with Crippen LogP contribution in [0.4, 0.5) is 0 Å². The van der Waals surface area contributed by atoms with E-state index in [4.69, 9.17) is 10.5 Å². The van der Waals surface area contributed by atoms with Gasteiger partial charge >= 0.3 is 0 Å². The largest absolute Gasteiger partial charge is 0.378 e. The maximum absolute atomic E-state index is 6.30. The summed E-state index contributed by atoms with van der Waals surface area (Å²) in [4.78, 5) is 0. The lowest BCUT2D eigenvalue weighted by molar-refractivity contribution is 0.0983. The van der Waals surface area contributed by atoms with E-state index in [1.165, 1.54) is 29.2 Å². The molecule has 19 heavy (non-hydrogen) atoms. The third-order valence-corrected chi connectivity index (χ3v) is 3.95. The highest BCUT2D eigenvalue weighted by Crippen LogP contribution is 2.22. The first kappa shape index (κ1) is 12.6. The number of ether oxygens (including phenoxy) is 1. The van der Waals surface area contributed by atoms with Crippen LogP contribution in [0.1, 0.15) is 24.8 Å². The third kappa shape index (κ3) is 2.96. The van der Waals surface area contributed by atoms with E-state index in [1.54, 1.807) is 0 Å². The lowest BCUT2D eigenvalue weighted by Crippen LogP contribution is -2.28. The second-order valence-electron chi connectivity index (χ2n) is 5.47. The standard InChI is InChI=1S/C17H21NO/c18-15(12-16-8-4-10-19-16)11-14-7-3-6-13-5-1-2-9-17(13)14/h1-3,5-7,9,15-16H,4,8,10-12,18H2. The molecule has 1 aliphatic rings. The molecule has 2 aromatic rings. The van der Waals surface area contributed by atoms with E-state index >= 15 is 0 Å². The lowest BCUT2D eigenvalue weighted by Gasteiger charge is -2.17. The van der Waals surface area contributed by atoms with Crippen molar-refractivity contribution in [2.75, 3.05) is 6.61 Å². The fourth-order valence-corrected chi connectivity index (χ4v) is 3.00. The molecule has 0 bridgehead atoms. The number of benzene rings is 2. The number of hydrogen-bond acceptors (Lipinski definition) is 2. The Hall–Kier alpha value is -1.38. The van der Waals surface area contributed by atoms with Crippen LogP contribution in [-0.4, -0.2) is 18.8 Å². The molecule has 0 radical (unpaired) electrons. The highest BCUT2D eigenvalue weighted by Gasteiger charge is 2.19. The molecule has 1 aliphatic heterocycles. The van der Waals surface area contributed by atoms with Crippen molar-refractivity contribution in [2.45, 2.75) is 37.8 Å². The molecular formula is C17H21NO. The van der Waals surface area contributed by atoms with Gasteiger partial charge in [0, 0.05) is 12.6 Å². The highest BCUT2D eigenvalue weighted by atomic mass is 16.5. The Balaban J connectivity index is 1.73. The van der Waals surface area contributed by atoms with Crippen LogP contribution in [-0.2, 0) is 11.2 Å². The van der Waals surface area contributed by atoms with Gasteiger partial charge in [0.15, 0.2) is 0 Å². The Labute approximate surface area is 114 Å². The molecule has 3 rings (SSSR count). The molecule has 2 nitrogen and oxygen atoms in total. The van der Waals surface area contributed by atoms with Crippen LogP contribution >= 0.6 is 0 Å². The molecular weight excluding hydrogens is 234 g/mol. The van der Waals surface area contributed by atoms with Gasteiger partial charge in [-0.2, -0.15) is 0 Å².